The zero-order valence-electron chi connectivity index (χ0n) is 17.3. The fourth-order valence-corrected chi connectivity index (χ4v) is 3.25. The average molecular weight is 371 g/mol. The first-order chi connectivity index (χ1) is 12.7. The van der Waals surface area contributed by atoms with Gasteiger partial charge in [0.25, 0.3) is 0 Å². The van der Waals surface area contributed by atoms with Crippen LogP contribution in [0.25, 0.3) is 0 Å². The number of hydrogen-bond donors (Lipinski definition) is 0. The topological polar surface area (TPSA) is 26.3 Å². The first-order valence-electron chi connectivity index (χ1n) is 11.2. The van der Waals surface area contributed by atoms with Crippen molar-refractivity contribution in [2.75, 3.05) is 6.61 Å². The van der Waals surface area contributed by atoms with Crippen LogP contribution in [0.3, 0.4) is 0 Å². The maximum Gasteiger partial charge on any atom is 0.366 e. The molecular weight excluding hydrogens is 327 g/mol. The second-order valence-corrected chi connectivity index (χ2v) is 7.55. The van der Waals surface area contributed by atoms with Gasteiger partial charge in [0, 0.05) is 0 Å². The maximum absolute atomic E-state index is 12.4. The van der Waals surface area contributed by atoms with E-state index in [1.807, 2.05) is 0 Å². The summed E-state index contributed by atoms with van der Waals surface area (Å²) in [5, 5.41) is 0. The van der Waals surface area contributed by atoms with Crippen molar-refractivity contribution in [1.82, 2.24) is 0 Å². The molecule has 3 heteroatoms. The molecule has 0 unspecified atom stereocenters. The van der Waals surface area contributed by atoms with Gasteiger partial charge in [-0.25, -0.2) is 4.79 Å². The highest BCUT2D eigenvalue weighted by Crippen LogP contribution is 2.14. The lowest BCUT2D eigenvalue weighted by Crippen LogP contribution is -2.05. The van der Waals surface area contributed by atoms with Crippen LogP contribution in [0.15, 0.2) is 12.4 Å². The number of unbranched alkanes of at least 4 members (excludes halogenated alkanes) is 17. The van der Waals surface area contributed by atoms with Gasteiger partial charge in [-0.15, -0.1) is 0 Å². The fraction of sp³-hybridized carbons (Fsp3) is 0.870. The Balaban J connectivity index is 3.05. The minimum atomic E-state index is -1.01. The molecule has 0 aromatic heterocycles. The van der Waals surface area contributed by atoms with E-state index in [2.05, 4.69) is 13.5 Å². The van der Waals surface area contributed by atoms with Crippen molar-refractivity contribution in [3.63, 3.8) is 0 Å². The highest BCUT2D eigenvalue weighted by molar-refractivity contribution is 5.85. The molecule has 0 aromatic rings. The van der Waals surface area contributed by atoms with E-state index in [9.17, 15) is 9.18 Å². The van der Waals surface area contributed by atoms with E-state index < -0.39 is 11.8 Å². The molecule has 0 aliphatic heterocycles. The summed E-state index contributed by atoms with van der Waals surface area (Å²) in [6.07, 6.45) is 23.9. The molecule has 0 aromatic carbocycles. The third-order valence-electron chi connectivity index (χ3n) is 4.95. The van der Waals surface area contributed by atoms with Crippen LogP contribution in [0, 0.1) is 0 Å². The lowest BCUT2D eigenvalue weighted by Gasteiger charge is -2.04. The van der Waals surface area contributed by atoms with Gasteiger partial charge in [-0.1, -0.05) is 123 Å². The van der Waals surface area contributed by atoms with Crippen molar-refractivity contribution in [2.45, 2.75) is 122 Å². The Morgan fingerprint density at radius 1 is 0.654 bits per heavy atom. The fourth-order valence-electron chi connectivity index (χ4n) is 3.25. The van der Waals surface area contributed by atoms with Gasteiger partial charge >= 0.3 is 5.97 Å². The van der Waals surface area contributed by atoms with Crippen LogP contribution in [0.2, 0.25) is 0 Å². The van der Waals surface area contributed by atoms with Gasteiger partial charge in [-0.05, 0) is 6.42 Å². The summed E-state index contributed by atoms with van der Waals surface area (Å²) >= 11 is 0. The summed E-state index contributed by atoms with van der Waals surface area (Å²) < 4.78 is 17.1. The number of esters is 1. The maximum atomic E-state index is 12.4. The number of carbonyl (C=O) groups excluding carboxylic acids is 1. The molecule has 154 valence electrons. The van der Waals surface area contributed by atoms with Gasteiger partial charge < -0.3 is 4.74 Å². The van der Waals surface area contributed by atoms with Crippen molar-refractivity contribution in [2.24, 2.45) is 0 Å². The van der Waals surface area contributed by atoms with Crippen LogP contribution in [0.1, 0.15) is 122 Å². The molecule has 0 saturated carbocycles. The van der Waals surface area contributed by atoms with E-state index in [0.29, 0.717) is 6.61 Å². The molecular formula is C23H43FO2. The third kappa shape index (κ3) is 19.5. The molecule has 0 heterocycles. The molecule has 0 aliphatic carbocycles. The average Bonchev–Trinajstić information content (AvgIpc) is 2.63. The zero-order valence-corrected chi connectivity index (χ0v) is 17.3. The standard InChI is InChI=1S/C23H43FO2/c1-3-4-5-6-7-8-9-10-11-12-13-14-15-16-17-18-19-20-21-26-23(25)22(2)24/h2-21H2,1H3. The molecule has 26 heavy (non-hydrogen) atoms. The summed E-state index contributed by atoms with van der Waals surface area (Å²) in [7, 11) is 0. The van der Waals surface area contributed by atoms with Gasteiger partial charge in [0.05, 0.1) is 6.61 Å². The Bertz CT molecular complexity index is 328. The molecule has 0 atom stereocenters. The van der Waals surface area contributed by atoms with Gasteiger partial charge in [0.2, 0.25) is 5.83 Å². The SMILES string of the molecule is C=C(F)C(=O)OCCCCCCCCCCCCCCCCCCCC. The number of ether oxygens (including phenoxy) is 1. The summed E-state index contributed by atoms with van der Waals surface area (Å²) in [4.78, 5) is 10.8. The van der Waals surface area contributed by atoms with E-state index in [0.717, 1.165) is 12.8 Å². The normalized spacial score (nSPS) is 10.8. The number of carbonyl (C=O) groups is 1. The highest BCUT2D eigenvalue weighted by Gasteiger charge is 2.05. The lowest BCUT2D eigenvalue weighted by molar-refractivity contribution is -0.140. The van der Waals surface area contributed by atoms with Crippen LogP contribution < -0.4 is 0 Å². The van der Waals surface area contributed by atoms with Crippen LogP contribution in [-0.4, -0.2) is 12.6 Å². The van der Waals surface area contributed by atoms with Gasteiger partial charge in [-0.2, -0.15) is 4.39 Å². The summed E-state index contributed by atoms with van der Waals surface area (Å²) in [5.74, 6) is -1.93. The lowest BCUT2D eigenvalue weighted by atomic mass is 10.0. The smallest absolute Gasteiger partial charge is 0.366 e. The molecule has 0 rings (SSSR count). The molecule has 2 nitrogen and oxygen atoms in total. The van der Waals surface area contributed by atoms with E-state index in [4.69, 9.17) is 4.74 Å². The first-order valence-corrected chi connectivity index (χ1v) is 11.2. The van der Waals surface area contributed by atoms with Crippen molar-refractivity contribution < 1.29 is 13.9 Å². The molecule has 0 N–H and O–H groups in total. The minimum Gasteiger partial charge on any atom is -0.460 e. The molecule has 0 amide bonds. The monoisotopic (exact) mass is 370 g/mol. The Morgan fingerprint density at radius 3 is 1.27 bits per heavy atom. The molecule has 0 radical (unpaired) electrons. The van der Waals surface area contributed by atoms with Crippen molar-refractivity contribution in [3.8, 4) is 0 Å². The van der Waals surface area contributed by atoms with E-state index in [-0.39, 0.29) is 0 Å². The van der Waals surface area contributed by atoms with E-state index in [1.54, 1.807) is 0 Å². The Morgan fingerprint density at radius 2 is 0.962 bits per heavy atom. The van der Waals surface area contributed by atoms with Crippen molar-refractivity contribution >= 4 is 5.97 Å². The van der Waals surface area contributed by atoms with Gasteiger partial charge in [0.15, 0.2) is 0 Å². The Kier molecular flexibility index (Phi) is 19.8. The van der Waals surface area contributed by atoms with Crippen LogP contribution in [0.4, 0.5) is 4.39 Å². The molecule has 0 aliphatic rings. The van der Waals surface area contributed by atoms with E-state index >= 15 is 0 Å². The van der Waals surface area contributed by atoms with Crippen LogP contribution >= 0.6 is 0 Å². The van der Waals surface area contributed by atoms with E-state index in [1.165, 1.54) is 103 Å². The predicted octanol–water partition coefficient (Wildman–Crippen LogP) is 8.05. The number of hydrogen-bond acceptors (Lipinski definition) is 2. The summed E-state index contributed by atoms with van der Waals surface area (Å²) in [5.41, 5.74) is 0. The van der Waals surface area contributed by atoms with Crippen LogP contribution in [-0.2, 0) is 9.53 Å². The van der Waals surface area contributed by atoms with Crippen molar-refractivity contribution in [1.29, 1.82) is 0 Å². The number of rotatable bonds is 20. The summed E-state index contributed by atoms with van der Waals surface area (Å²) in [6, 6.07) is 0. The van der Waals surface area contributed by atoms with Crippen LogP contribution in [0.5, 0.6) is 0 Å². The highest BCUT2D eigenvalue weighted by atomic mass is 19.1. The first kappa shape index (κ1) is 25.1. The quantitative estimate of drug-likeness (QED) is 0.123. The molecule has 0 spiro atoms. The third-order valence-corrected chi connectivity index (χ3v) is 4.95. The second-order valence-electron chi connectivity index (χ2n) is 7.55. The Labute approximate surface area is 162 Å². The minimum absolute atomic E-state index is 0.306. The second kappa shape index (κ2) is 20.5. The Hall–Kier alpha value is -0.860. The molecule has 0 fully saturated rings. The molecule has 0 bridgehead atoms. The largest absolute Gasteiger partial charge is 0.460 e. The van der Waals surface area contributed by atoms with Crippen molar-refractivity contribution in [3.05, 3.63) is 12.4 Å². The zero-order chi connectivity index (χ0) is 19.3. The number of halogens is 1. The van der Waals surface area contributed by atoms with Gasteiger partial charge in [-0.3, -0.25) is 0 Å². The van der Waals surface area contributed by atoms with Gasteiger partial charge in [0.1, 0.15) is 0 Å². The predicted molar refractivity (Wildman–Crippen MR) is 110 cm³/mol. The summed E-state index contributed by atoms with van der Waals surface area (Å²) in [6.45, 7) is 5.50. The molecule has 0 saturated heterocycles.